The van der Waals surface area contributed by atoms with Gasteiger partial charge in [0.25, 0.3) is 0 Å². The van der Waals surface area contributed by atoms with Crippen LogP contribution in [0, 0.1) is 0 Å². The zero-order chi connectivity index (χ0) is 35.1. The summed E-state index contributed by atoms with van der Waals surface area (Å²) in [5.41, 5.74) is 15.0. The Morgan fingerprint density at radius 3 is 1.83 bits per heavy atom. The third kappa shape index (κ3) is 4.34. The first-order chi connectivity index (χ1) is 26.2. The van der Waals surface area contributed by atoms with Crippen LogP contribution in [0.4, 0.5) is 17.1 Å². The van der Waals surface area contributed by atoms with Gasteiger partial charge < -0.3 is 13.7 Å². The summed E-state index contributed by atoms with van der Waals surface area (Å²) in [5, 5.41) is 4.33. The van der Waals surface area contributed by atoms with Gasteiger partial charge in [-0.1, -0.05) is 133 Å². The van der Waals surface area contributed by atoms with Gasteiger partial charge in [0.05, 0.1) is 16.8 Å². The van der Waals surface area contributed by atoms with E-state index in [-0.39, 0.29) is 5.41 Å². The minimum Gasteiger partial charge on any atom is -0.456 e. The summed E-state index contributed by atoms with van der Waals surface area (Å²) in [7, 11) is 0. The predicted molar refractivity (Wildman–Crippen MR) is 219 cm³/mol. The highest BCUT2D eigenvalue weighted by Crippen LogP contribution is 2.53. The molecule has 2 aromatic heterocycles. The summed E-state index contributed by atoms with van der Waals surface area (Å²) in [4.78, 5) is 2.33. The maximum absolute atomic E-state index is 6.91. The van der Waals surface area contributed by atoms with Gasteiger partial charge in [0, 0.05) is 27.3 Å². The number of para-hydroxylation sites is 2. The molecule has 3 heteroatoms. The lowest BCUT2D eigenvalue weighted by molar-refractivity contribution is 0.667. The van der Waals surface area contributed by atoms with Gasteiger partial charge >= 0.3 is 0 Å². The molecule has 0 amide bonds. The van der Waals surface area contributed by atoms with Crippen LogP contribution >= 0.6 is 0 Å². The molecule has 0 saturated heterocycles. The second-order valence-electron chi connectivity index (χ2n) is 14.2. The van der Waals surface area contributed by atoms with E-state index in [2.05, 4.69) is 182 Å². The summed E-state index contributed by atoms with van der Waals surface area (Å²) >= 11 is 0. The van der Waals surface area contributed by atoms with E-state index in [4.69, 9.17) is 8.83 Å². The highest BCUT2D eigenvalue weighted by atomic mass is 16.3. The molecule has 3 nitrogen and oxygen atoms in total. The first-order valence-corrected chi connectivity index (χ1v) is 18.2. The van der Waals surface area contributed by atoms with Crippen molar-refractivity contribution in [3.8, 4) is 22.3 Å². The van der Waals surface area contributed by atoms with Crippen LogP contribution in [0.3, 0.4) is 0 Å². The van der Waals surface area contributed by atoms with E-state index in [0.717, 1.165) is 60.9 Å². The molecule has 0 bridgehead atoms. The molecule has 53 heavy (non-hydrogen) atoms. The quantitative estimate of drug-likeness (QED) is 0.181. The molecule has 0 spiro atoms. The highest BCUT2D eigenvalue weighted by molar-refractivity contribution is 6.16. The number of nitrogens with zero attached hydrogens (tertiary/aromatic N) is 1. The fraction of sp³-hybridized carbons (Fsp3) is 0.0400. The van der Waals surface area contributed by atoms with E-state index in [9.17, 15) is 0 Å². The lowest BCUT2D eigenvalue weighted by atomic mass is 9.74. The monoisotopic (exact) mass is 679 g/mol. The van der Waals surface area contributed by atoms with Crippen LogP contribution in [0.5, 0.6) is 0 Å². The molecule has 1 aliphatic rings. The molecule has 8 aromatic carbocycles. The van der Waals surface area contributed by atoms with Crippen LogP contribution in [0.2, 0.25) is 0 Å². The van der Waals surface area contributed by atoms with Crippen molar-refractivity contribution in [3.63, 3.8) is 0 Å². The first-order valence-electron chi connectivity index (χ1n) is 18.2. The summed E-state index contributed by atoms with van der Waals surface area (Å²) in [6, 6.07) is 64.9. The molecular formula is C50H33NO2. The van der Waals surface area contributed by atoms with Crippen molar-refractivity contribution in [2.75, 3.05) is 4.90 Å². The lowest BCUT2D eigenvalue weighted by Crippen LogP contribution is -2.22. The second kappa shape index (κ2) is 11.3. The molecule has 0 unspecified atom stereocenters. The van der Waals surface area contributed by atoms with Gasteiger partial charge in [-0.15, -0.1) is 0 Å². The molecule has 1 aliphatic carbocycles. The SMILES string of the molecule is CC1(c2ccc3oc4c(N(c5ccc(-c6ccccc6)cc5)c5cccc6oc7ccccc7c56)cccc4c3c2)c2ccccc2-c2ccccc21. The van der Waals surface area contributed by atoms with Crippen molar-refractivity contribution < 1.29 is 8.83 Å². The summed E-state index contributed by atoms with van der Waals surface area (Å²) in [6.07, 6.45) is 0. The van der Waals surface area contributed by atoms with E-state index in [0.29, 0.717) is 0 Å². The van der Waals surface area contributed by atoms with Gasteiger partial charge in [-0.3, -0.25) is 0 Å². The smallest absolute Gasteiger partial charge is 0.159 e. The van der Waals surface area contributed by atoms with E-state index in [1.807, 2.05) is 12.1 Å². The van der Waals surface area contributed by atoms with Crippen LogP contribution < -0.4 is 4.90 Å². The van der Waals surface area contributed by atoms with E-state index in [1.54, 1.807) is 0 Å². The lowest BCUT2D eigenvalue weighted by Gasteiger charge is -2.28. The van der Waals surface area contributed by atoms with Crippen molar-refractivity contribution in [1.82, 2.24) is 0 Å². The molecule has 0 radical (unpaired) electrons. The number of anilines is 3. The Morgan fingerprint density at radius 1 is 0.434 bits per heavy atom. The van der Waals surface area contributed by atoms with Crippen LogP contribution in [-0.2, 0) is 5.41 Å². The largest absolute Gasteiger partial charge is 0.456 e. The molecule has 250 valence electrons. The average Bonchev–Trinajstić information content (AvgIpc) is 3.88. The molecule has 0 saturated carbocycles. The van der Waals surface area contributed by atoms with Crippen molar-refractivity contribution >= 4 is 60.9 Å². The number of hydrogen-bond donors (Lipinski definition) is 0. The van der Waals surface area contributed by atoms with Gasteiger partial charge in [0.1, 0.15) is 16.7 Å². The summed E-state index contributed by atoms with van der Waals surface area (Å²) in [5.74, 6) is 0. The third-order valence-corrected chi connectivity index (χ3v) is 11.4. The van der Waals surface area contributed by atoms with Crippen LogP contribution in [0.25, 0.3) is 66.1 Å². The Hall–Kier alpha value is -6.84. The van der Waals surface area contributed by atoms with E-state index >= 15 is 0 Å². The van der Waals surface area contributed by atoms with Crippen molar-refractivity contribution in [2.24, 2.45) is 0 Å². The number of rotatable bonds is 5. The highest BCUT2D eigenvalue weighted by Gasteiger charge is 2.40. The number of fused-ring (bicyclic) bond motifs is 9. The second-order valence-corrected chi connectivity index (χ2v) is 14.2. The van der Waals surface area contributed by atoms with Gasteiger partial charge in [-0.05, 0) is 94.4 Å². The third-order valence-electron chi connectivity index (χ3n) is 11.4. The topological polar surface area (TPSA) is 29.5 Å². The minimum absolute atomic E-state index is 0.299. The van der Waals surface area contributed by atoms with E-state index in [1.165, 1.54) is 38.9 Å². The molecule has 2 heterocycles. The number of benzene rings is 8. The molecule has 0 fully saturated rings. The van der Waals surface area contributed by atoms with Crippen LogP contribution in [0.1, 0.15) is 23.6 Å². The minimum atomic E-state index is -0.299. The fourth-order valence-corrected chi connectivity index (χ4v) is 8.82. The first kappa shape index (κ1) is 29.8. The molecule has 0 N–H and O–H groups in total. The van der Waals surface area contributed by atoms with Gasteiger partial charge in [0.2, 0.25) is 0 Å². The number of furan rings is 2. The predicted octanol–water partition coefficient (Wildman–Crippen LogP) is 14.0. The van der Waals surface area contributed by atoms with Gasteiger partial charge in [-0.2, -0.15) is 0 Å². The molecule has 0 atom stereocenters. The zero-order valence-electron chi connectivity index (χ0n) is 29.1. The number of hydrogen-bond acceptors (Lipinski definition) is 3. The summed E-state index contributed by atoms with van der Waals surface area (Å²) < 4.78 is 13.3. The Morgan fingerprint density at radius 2 is 1.04 bits per heavy atom. The van der Waals surface area contributed by atoms with Gasteiger partial charge in [0.15, 0.2) is 5.58 Å². The molecular weight excluding hydrogens is 647 g/mol. The van der Waals surface area contributed by atoms with Crippen LogP contribution in [0.15, 0.2) is 191 Å². The zero-order valence-corrected chi connectivity index (χ0v) is 29.1. The maximum atomic E-state index is 6.91. The molecule has 10 aromatic rings. The van der Waals surface area contributed by atoms with Crippen molar-refractivity contribution in [1.29, 1.82) is 0 Å². The Labute approximate surface area is 307 Å². The fourth-order valence-electron chi connectivity index (χ4n) is 8.82. The Kier molecular flexibility index (Phi) is 6.38. The average molecular weight is 680 g/mol. The molecule has 0 aliphatic heterocycles. The van der Waals surface area contributed by atoms with Crippen molar-refractivity contribution in [3.05, 3.63) is 199 Å². The Bertz CT molecular complexity index is 2980. The van der Waals surface area contributed by atoms with Crippen LogP contribution in [-0.4, -0.2) is 0 Å². The standard InChI is InChI=1S/C50H33NO2/c1-50(41-19-8-5-15-36(41)37-16-6-9-20-42(37)50)34-27-30-46-40(31-34)38-18-11-22-44(49(38)53-46)51(35-28-25-33(26-29-35)32-13-3-2-4-14-32)43-21-12-24-47-48(43)39-17-7-10-23-45(39)52-47/h2-31H,1H3. The normalized spacial score (nSPS) is 13.2. The van der Waals surface area contributed by atoms with Crippen molar-refractivity contribution in [2.45, 2.75) is 12.3 Å². The summed E-state index contributed by atoms with van der Waals surface area (Å²) in [6.45, 7) is 2.36. The van der Waals surface area contributed by atoms with Gasteiger partial charge in [-0.25, -0.2) is 0 Å². The molecule has 11 rings (SSSR count). The van der Waals surface area contributed by atoms with E-state index < -0.39 is 0 Å². The Balaban J connectivity index is 1.14. The maximum Gasteiger partial charge on any atom is 0.159 e.